The van der Waals surface area contributed by atoms with Gasteiger partial charge in [0.2, 0.25) is 0 Å². The first-order chi connectivity index (χ1) is 14.5. The lowest BCUT2D eigenvalue weighted by Gasteiger charge is -2.22. The number of methoxy groups -OCH3 is 2. The second-order valence-corrected chi connectivity index (χ2v) is 8.25. The number of hydrogen-bond acceptors (Lipinski definition) is 7. The van der Waals surface area contributed by atoms with Crippen molar-refractivity contribution in [1.29, 1.82) is 0 Å². The SMILES string of the molecule is COC(=O)CCC(=O)c1cc2c(F)c(CCCOC3CCCCO3)c(OC)cc2s1. The zero-order chi connectivity index (χ0) is 21.5. The number of benzene rings is 1. The van der Waals surface area contributed by atoms with Crippen LogP contribution in [0.1, 0.15) is 53.8 Å². The van der Waals surface area contributed by atoms with Crippen LogP contribution >= 0.6 is 11.3 Å². The molecule has 164 valence electrons. The molecule has 0 amide bonds. The number of esters is 1. The van der Waals surface area contributed by atoms with Crippen LogP contribution in [0.3, 0.4) is 0 Å². The van der Waals surface area contributed by atoms with E-state index in [1.165, 1.54) is 25.6 Å². The third-order valence-electron chi connectivity index (χ3n) is 5.11. The van der Waals surface area contributed by atoms with Crippen LogP contribution in [0.5, 0.6) is 5.75 Å². The van der Waals surface area contributed by atoms with E-state index in [1.807, 2.05) is 0 Å². The molecule has 0 radical (unpaired) electrons. The van der Waals surface area contributed by atoms with Gasteiger partial charge in [-0.25, -0.2) is 4.39 Å². The molecule has 0 spiro atoms. The Bertz CT molecular complexity index is 887. The van der Waals surface area contributed by atoms with Crippen molar-refractivity contribution >= 4 is 33.2 Å². The molecule has 0 aliphatic carbocycles. The summed E-state index contributed by atoms with van der Waals surface area (Å²) in [5.74, 6) is -0.561. The quantitative estimate of drug-likeness (QED) is 0.305. The summed E-state index contributed by atoms with van der Waals surface area (Å²) in [7, 11) is 2.79. The highest BCUT2D eigenvalue weighted by Crippen LogP contribution is 2.36. The van der Waals surface area contributed by atoms with Crippen LogP contribution in [0, 0.1) is 5.82 Å². The Balaban J connectivity index is 1.68. The number of thiophene rings is 1. The molecule has 1 fully saturated rings. The van der Waals surface area contributed by atoms with Crippen molar-refractivity contribution < 1.29 is 32.9 Å². The van der Waals surface area contributed by atoms with Crippen molar-refractivity contribution in [3.63, 3.8) is 0 Å². The number of Topliss-reactive ketones (excluding diaryl/α,β-unsaturated/α-hetero) is 1. The van der Waals surface area contributed by atoms with Gasteiger partial charge in [0, 0.05) is 28.7 Å². The number of rotatable bonds is 10. The Hall–Kier alpha value is -2.03. The van der Waals surface area contributed by atoms with Crippen molar-refractivity contribution in [2.45, 2.75) is 51.2 Å². The molecule has 1 aromatic heterocycles. The van der Waals surface area contributed by atoms with Crippen LogP contribution in [0.2, 0.25) is 0 Å². The minimum atomic E-state index is -0.444. The first-order valence-electron chi connectivity index (χ1n) is 10.2. The summed E-state index contributed by atoms with van der Waals surface area (Å²) in [5, 5.41) is 0.397. The topological polar surface area (TPSA) is 71.1 Å². The maximum atomic E-state index is 15.2. The molecule has 2 aromatic rings. The first kappa shape index (κ1) is 22.7. The van der Waals surface area contributed by atoms with Gasteiger partial charge in [-0.2, -0.15) is 0 Å². The fourth-order valence-electron chi connectivity index (χ4n) is 3.46. The molecule has 1 aliphatic heterocycles. The average Bonchev–Trinajstić information content (AvgIpc) is 3.21. The Morgan fingerprint density at radius 2 is 2.07 bits per heavy atom. The van der Waals surface area contributed by atoms with Crippen molar-refractivity contribution in [2.75, 3.05) is 27.4 Å². The predicted molar refractivity (Wildman–Crippen MR) is 112 cm³/mol. The highest BCUT2D eigenvalue weighted by molar-refractivity contribution is 7.20. The van der Waals surface area contributed by atoms with Gasteiger partial charge >= 0.3 is 5.97 Å². The molecule has 1 aliphatic rings. The molecule has 6 nitrogen and oxygen atoms in total. The molecule has 0 saturated carbocycles. The van der Waals surface area contributed by atoms with Gasteiger partial charge in [0.25, 0.3) is 0 Å². The zero-order valence-electron chi connectivity index (χ0n) is 17.3. The molecule has 1 aromatic carbocycles. The smallest absolute Gasteiger partial charge is 0.305 e. The zero-order valence-corrected chi connectivity index (χ0v) is 18.1. The van der Waals surface area contributed by atoms with Crippen LogP contribution < -0.4 is 4.74 Å². The maximum absolute atomic E-state index is 15.2. The van der Waals surface area contributed by atoms with Crippen LogP contribution in [-0.2, 0) is 25.4 Å². The molecule has 3 rings (SSSR count). The Labute approximate surface area is 179 Å². The van der Waals surface area contributed by atoms with E-state index in [2.05, 4.69) is 4.74 Å². The van der Waals surface area contributed by atoms with Crippen LogP contribution in [0.25, 0.3) is 10.1 Å². The molecule has 2 heterocycles. The van der Waals surface area contributed by atoms with E-state index in [9.17, 15) is 9.59 Å². The van der Waals surface area contributed by atoms with Gasteiger partial charge in [-0.3, -0.25) is 9.59 Å². The number of fused-ring (bicyclic) bond motifs is 1. The highest BCUT2D eigenvalue weighted by Gasteiger charge is 2.20. The maximum Gasteiger partial charge on any atom is 0.305 e. The van der Waals surface area contributed by atoms with E-state index in [-0.39, 0.29) is 30.7 Å². The van der Waals surface area contributed by atoms with Gasteiger partial charge in [0.1, 0.15) is 11.6 Å². The van der Waals surface area contributed by atoms with Gasteiger partial charge in [-0.1, -0.05) is 0 Å². The molecule has 1 atom stereocenters. The molecule has 1 unspecified atom stereocenters. The molecule has 30 heavy (non-hydrogen) atoms. The van der Waals surface area contributed by atoms with Crippen LogP contribution in [0.4, 0.5) is 4.39 Å². The number of hydrogen-bond donors (Lipinski definition) is 0. The van der Waals surface area contributed by atoms with Crippen LogP contribution in [0.15, 0.2) is 12.1 Å². The van der Waals surface area contributed by atoms with Crippen molar-refractivity contribution in [3.05, 3.63) is 28.4 Å². The molecular weight excluding hydrogens is 411 g/mol. The third-order valence-corrected chi connectivity index (χ3v) is 6.24. The average molecular weight is 439 g/mol. The number of halogens is 1. The number of carbonyl (C=O) groups is 2. The van der Waals surface area contributed by atoms with E-state index < -0.39 is 5.97 Å². The fourth-order valence-corrected chi connectivity index (χ4v) is 4.51. The molecule has 0 bridgehead atoms. The largest absolute Gasteiger partial charge is 0.496 e. The molecule has 1 saturated heterocycles. The summed E-state index contributed by atoms with van der Waals surface area (Å²) in [4.78, 5) is 24.1. The number of ether oxygens (including phenoxy) is 4. The summed E-state index contributed by atoms with van der Waals surface area (Å²) in [5.41, 5.74) is 0.476. The molecule has 8 heteroatoms. The number of ketones is 1. The lowest BCUT2D eigenvalue weighted by Crippen LogP contribution is -2.22. The minimum absolute atomic E-state index is 0.00530. The second-order valence-electron chi connectivity index (χ2n) is 7.16. The van der Waals surface area contributed by atoms with Gasteiger partial charge < -0.3 is 18.9 Å². The summed E-state index contributed by atoms with van der Waals surface area (Å²) in [6.45, 7) is 1.20. The highest BCUT2D eigenvalue weighted by atomic mass is 32.1. The lowest BCUT2D eigenvalue weighted by atomic mass is 10.0. The van der Waals surface area contributed by atoms with Crippen molar-refractivity contribution in [1.82, 2.24) is 0 Å². The lowest BCUT2D eigenvalue weighted by molar-refractivity contribution is -0.162. The fraction of sp³-hybridized carbons (Fsp3) is 0.545. The summed E-state index contributed by atoms with van der Waals surface area (Å²) in [6.07, 6.45) is 4.02. The van der Waals surface area contributed by atoms with Crippen molar-refractivity contribution in [2.24, 2.45) is 0 Å². The third kappa shape index (κ3) is 5.56. The predicted octanol–water partition coefficient (Wildman–Crippen LogP) is 4.66. The van der Waals surface area contributed by atoms with Gasteiger partial charge in [-0.15, -0.1) is 11.3 Å². The summed E-state index contributed by atoms with van der Waals surface area (Å²) in [6, 6.07) is 3.32. The minimum Gasteiger partial charge on any atom is -0.496 e. The van der Waals surface area contributed by atoms with E-state index >= 15 is 4.39 Å². The Morgan fingerprint density at radius 3 is 2.77 bits per heavy atom. The van der Waals surface area contributed by atoms with E-state index in [0.717, 1.165) is 25.9 Å². The standard InChI is InChI=1S/C22H27FO6S/c1-26-17-13-18-15(12-19(30-18)16(24)8-9-20(25)27-2)22(23)14(17)6-5-11-29-21-7-3-4-10-28-21/h12-13,21H,3-11H2,1-2H3. The first-order valence-corrected chi connectivity index (χ1v) is 11.0. The second kappa shape index (κ2) is 10.8. The molecule has 0 N–H and O–H groups in total. The normalized spacial score (nSPS) is 16.6. The number of carbonyl (C=O) groups excluding carboxylic acids is 2. The summed E-state index contributed by atoms with van der Waals surface area (Å²) >= 11 is 1.20. The Kier molecular flexibility index (Phi) is 8.18. The monoisotopic (exact) mass is 438 g/mol. The van der Waals surface area contributed by atoms with Crippen LogP contribution in [-0.4, -0.2) is 45.5 Å². The molecular formula is C22H27FO6S. The van der Waals surface area contributed by atoms with Gasteiger partial charge in [0.15, 0.2) is 12.1 Å². The van der Waals surface area contributed by atoms with E-state index in [4.69, 9.17) is 14.2 Å². The summed E-state index contributed by atoms with van der Waals surface area (Å²) < 4.78 is 37.1. The van der Waals surface area contributed by atoms with Crippen molar-refractivity contribution in [3.8, 4) is 5.75 Å². The van der Waals surface area contributed by atoms with E-state index in [1.54, 1.807) is 12.1 Å². The van der Waals surface area contributed by atoms with E-state index in [0.29, 0.717) is 45.7 Å². The Morgan fingerprint density at radius 1 is 1.23 bits per heavy atom. The van der Waals surface area contributed by atoms with Gasteiger partial charge in [0.05, 0.1) is 32.1 Å². The van der Waals surface area contributed by atoms with Gasteiger partial charge in [-0.05, 0) is 44.2 Å².